The van der Waals surface area contributed by atoms with Gasteiger partial charge in [0.1, 0.15) is 6.04 Å². The molecule has 0 aromatic heterocycles. The monoisotopic (exact) mass is 314 g/mol. The van der Waals surface area contributed by atoms with Gasteiger partial charge in [-0.15, -0.1) is 0 Å². The number of fused-ring (bicyclic) bond motifs is 1. The molecule has 2 heterocycles. The molecule has 4 atom stereocenters. The third-order valence-corrected chi connectivity index (χ3v) is 9.89. The van der Waals surface area contributed by atoms with Gasteiger partial charge in [-0.25, -0.2) is 4.79 Å². The van der Waals surface area contributed by atoms with E-state index in [0.717, 1.165) is 6.42 Å². The lowest BCUT2D eigenvalue weighted by Crippen LogP contribution is -2.54. The van der Waals surface area contributed by atoms with E-state index < -0.39 is 14.4 Å². The smallest absolute Gasteiger partial charge is 0.328 e. The maximum absolute atomic E-state index is 12.0. The van der Waals surface area contributed by atoms with Crippen LogP contribution in [0.1, 0.15) is 34.1 Å². The first-order valence-corrected chi connectivity index (χ1v) is 10.5. The minimum absolute atomic E-state index is 0.0149. The fourth-order valence-corrected chi connectivity index (χ4v) is 4.52. The van der Waals surface area contributed by atoms with Crippen molar-refractivity contribution in [2.75, 3.05) is 7.11 Å². The molecule has 3 aliphatic rings. The van der Waals surface area contributed by atoms with Gasteiger partial charge in [-0.3, -0.25) is 4.79 Å². The first-order chi connectivity index (χ1) is 9.51. The van der Waals surface area contributed by atoms with E-state index in [-0.39, 0.29) is 35.0 Å². The summed E-state index contributed by atoms with van der Waals surface area (Å²) >= 11 is 0. The van der Waals surface area contributed by atoms with E-state index >= 15 is 0 Å². The molecule has 6 heteroatoms. The lowest BCUT2D eigenvalue weighted by atomic mass is 9.79. The Labute approximate surface area is 128 Å². The number of carbonyl (C=O) groups excluding carboxylic acids is 2. The van der Waals surface area contributed by atoms with Crippen LogP contribution in [0, 0.1) is 5.92 Å². The summed E-state index contributed by atoms with van der Waals surface area (Å²) in [5.74, 6) is -0.307. The molecule has 3 fully saturated rings. The van der Waals surface area contributed by atoms with E-state index in [9.17, 15) is 9.59 Å². The maximum Gasteiger partial charge on any atom is 0.328 e. The van der Waals surface area contributed by atoms with Crippen molar-refractivity contribution >= 4 is 20.2 Å². The van der Waals surface area contributed by atoms with Crippen LogP contribution in [0.5, 0.6) is 0 Å². The third-order valence-electron chi connectivity index (χ3n) is 5.42. The van der Waals surface area contributed by atoms with Gasteiger partial charge < -0.3 is 14.1 Å². The van der Waals surface area contributed by atoms with Gasteiger partial charge in [0.25, 0.3) is 0 Å². The average molecular weight is 314 g/mol. The quantitative estimate of drug-likeness (QED) is 0.455. The molecule has 2 saturated heterocycles. The SMILES string of the molecule is COC(=O)[C@H]1[C@H]2C[C@H]([C@@H]2O[Si](C)(C)C(C)(C)C)N1C([13CH3])=O. The normalized spacial score (nSPS) is 31.9. The van der Waals surface area contributed by atoms with Gasteiger partial charge in [0.2, 0.25) is 5.91 Å². The topological polar surface area (TPSA) is 55.8 Å². The molecule has 2 bridgehead atoms. The van der Waals surface area contributed by atoms with E-state index in [4.69, 9.17) is 9.16 Å². The highest BCUT2D eigenvalue weighted by atomic mass is 28.4. The van der Waals surface area contributed by atoms with Crippen LogP contribution in [0.3, 0.4) is 0 Å². The largest absolute Gasteiger partial charge is 0.467 e. The zero-order valence-electron chi connectivity index (χ0n) is 14.1. The van der Waals surface area contributed by atoms with Gasteiger partial charge >= 0.3 is 5.97 Å². The van der Waals surface area contributed by atoms with Crippen LogP contribution in [0.4, 0.5) is 0 Å². The van der Waals surface area contributed by atoms with Crippen LogP contribution in [0.25, 0.3) is 0 Å². The molecule has 3 rings (SSSR count). The van der Waals surface area contributed by atoms with Gasteiger partial charge in [0.05, 0.1) is 19.3 Å². The standard InChI is InChI=1S/C15H27NO4Si/c1-9(17)16-11-8-10(12(16)14(18)19-5)13(11)20-21(6,7)15(2,3)4/h10-13H,8H2,1-7H3/t10-,11-,12-,13-/m1/s1/i1+1. The fraction of sp³-hybridized carbons (Fsp3) is 0.867. The average Bonchev–Trinajstić information content (AvgIpc) is 2.87. The lowest BCUT2D eigenvalue weighted by Gasteiger charge is -2.45. The molecule has 0 aromatic rings. The van der Waals surface area contributed by atoms with Crippen molar-refractivity contribution in [2.24, 2.45) is 5.92 Å². The summed E-state index contributed by atoms with van der Waals surface area (Å²) in [6.45, 7) is 12.5. The molecule has 21 heavy (non-hydrogen) atoms. The van der Waals surface area contributed by atoms with Crippen LogP contribution in [-0.4, -0.2) is 50.4 Å². The van der Waals surface area contributed by atoms with Crippen LogP contribution in [-0.2, 0) is 18.8 Å². The molecule has 2 aliphatic heterocycles. The number of hydrogen-bond donors (Lipinski definition) is 0. The molecule has 0 unspecified atom stereocenters. The lowest BCUT2D eigenvalue weighted by molar-refractivity contribution is -0.150. The number of ether oxygens (including phenoxy) is 1. The highest BCUT2D eigenvalue weighted by Gasteiger charge is 2.64. The maximum atomic E-state index is 12.0. The van der Waals surface area contributed by atoms with E-state index in [1.165, 1.54) is 14.0 Å². The number of rotatable bonds is 3. The van der Waals surface area contributed by atoms with Crippen molar-refractivity contribution in [3.05, 3.63) is 0 Å². The summed E-state index contributed by atoms with van der Waals surface area (Å²) in [6, 6.07) is -0.432. The molecule has 1 aliphatic carbocycles. The van der Waals surface area contributed by atoms with Crippen molar-refractivity contribution in [1.82, 2.24) is 4.90 Å². The van der Waals surface area contributed by atoms with Crippen LogP contribution in [0.2, 0.25) is 18.1 Å². The molecule has 0 spiro atoms. The first kappa shape index (κ1) is 16.5. The van der Waals surface area contributed by atoms with Crippen LogP contribution < -0.4 is 0 Å². The van der Waals surface area contributed by atoms with Crippen molar-refractivity contribution < 1.29 is 18.8 Å². The molecule has 1 amide bonds. The Kier molecular flexibility index (Phi) is 3.99. The van der Waals surface area contributed by atoms with E-state index in [0.29, 0.717) is 0 Å². The number of esters is 1. The number of hydrogen-bond acceptors (Lipinski definition) is 4. The second-order valence-corrected chi connectivity index (χ2v) is 12.5. The van der Waals surface area contributed by atoms with Crippen molar-refractivity contribution in [1.29, 1.82) is 0 Å². The summed E-state index contributed by atoms with van der Waals surface area (Å²) in [6.07, 6.45) is 0.831. The molecule has 0 radical (unpaired) electrons. The van der Waals surface area contributed by atoms with E-state index in [1.807, 2.05) is 0 Å². The van der Waals surface area contributed by atoms with Crippen molar-refractivity contribution in [3.63, 3.8) is 0 Å². The van der Waals surface area contributed by atoms with Crippen LogP contribution >= 0.6 is 0 Å². The predicted octanol–water partition coefficient (Wildman–Crippen LogP) is 2.17. The van der Waals surface area contributed by atoms with Gasteiger partial charge in [-0.05, 0) is 24.6 Å². The van der Waals surface area contributed by atoms with Gasteiger partial charge in [-0.1, -0.05) is 20.8 Å². The Morgan fingerprint density at radius 3 is 2.24 bits per heavy atom. The Morgan fingerprint density at radius 1 is 1.24 bits per heavy atom. The first-order valence-electron chi connectivity index (χ1n) is 7.56. The Balaban J connectivity index is 2.20. The second-order valence-electron chi connectivity index (χ2n) is 7.70. The Hall–Kier alpha value is -0.883. The number of methoxy groups -OCH3 is 1. The van der Waals surface area contributed by atoms with Gasteiger partial charge in [0.15, 0.2) is 8.32 Å². The molecule has 0 N–H and O–H groups in total. The summed E-state index contributed by atoms with van der Waals surface area (Å²) < 4.78 is 11.3. The van der Waals surface area contributed by atoms with Crippen LogP contribution in [0.15, 0.2) is 0 Å². The highest BCUT2D eigenvalue weighted by molar-refractivity contribution is 6.74. The highest BCUT2D eigenvalue weighted by Crippen LogP contribution is 2.51. The van der Waals surface area contributed by atoms with Crippen molar-refractivity contribution in [2.45, 2.75) is 70.4 Å². The minimum Gasteiger partial charge on any atom is -0.467 e. The zero-order valence-corrected chi connectivity index (χ0v) is 15.1. The summed E-state index contributed by atoms with van der Waals surface area (Å²) in [7, 11) is -0.535. The molecule has 120 valence electrons. The summed E-state index contributed by atoms with van der Waals surface area (Å²) in [5, 5.41) is 0.115. The fourth-order valence-electron chi connectivity index (χ4n) is 3.15. The molecular formula is C15H27NO4Si. The molecule has 5 nitrogen and oxygen atoms in total. The summed E-state index contributed by atoms with van der Waals surface area (Å²) in [4.78, 5) is 25.6. The molecule has 0 aromatic carbocycles. The second kappa shape index (κ2) is 5.09. The predicted molar refractivity (Wildman–Crippen MR) is 82.3 cm³/mol. The number of amides is 1. The Morgan fingerprint density at radius 2 is 1.81 bits per heavy atom. The number of nitrogens with zero attached hydrogens (tertiary/aromatic N) is 1. The van der Waals surface area contributed by atoms with Crippen molar-refractivity contribution in [3.8, 4) is 0 Å². The summed E-state index contributed by atoms with van der Waals surface area (Å²) in [5.41, 5.74) is 0. The minimum atomic E-state index is -1.91. The Bertz CT molecular complexity index is 457. The van der Waals surface area contributed by atoms with Gasteiger partial charge in [0, 0.05) is 12.8 Å². The number of carbonyl (C=O) groups is 2. The third kappa shape index (κ3) is 2.52. The van der Waals surface area contributed by atoms with Gasteiger partial charge in [-0.2, -0.15) is 0 Å². The van der Waals surface area contributed by atoms with E-state index in [2.05, 4.69) is 33.9 Å². The van der Waals surface area contributed by atoms with E-state index in [1.54, 1.807) is 4.90 Å². The molecule has 1 saturated carbocycles. The molecular weight excluding hydrogens is 287 g/mol. The zero-order chi connectivity index (χ0) is 16.2.